The Morgan fingerprint density at radius 1 is 1.00 bits per heavy atom. The first kappa shape index (κ1) is 22.1. The Hall–Kier alpha value is -3.10. The standard InChI is InChI=1S/C23H21ClN4O3S/c1-30-18-7-6-15(13-19(18)31-2)8-11-28-22(29)20-21(26-10-9-25-20)27-23(28)32-14-16-4-3-5-17(24)12-16/h3-7,9-10,12-13H,8,11,14H2,1-2H3. The van der Waals surface area contributed by atoms with Gasteiger partial charge in [-0.3, -0.25) is 9.36 Å². The van der Waals surface area contributed by atoms with E-state index in [0.29, 0.717) is 46.0 Å². The Kier molecular flexibility index (Phi) is 6.92. The van der Waals surface area contributed by atoms with Gasteiger partial charge in [-0.05, 0) is 41.8 Å². The van der Waals surface area contributed by atoms with Crippen molar-refractivity contribution in [2.24, 2.45) is 0 Å². The Bertz CT molecular complexity index is 1310. The van der Waals surface area contributed by atoms with Crippen molar-refractivity contribution >= 4 is 34.5 Å². The van der Waals surface area contributed by atoms with Crippen LogP contribution < -0.4 is 15.0 Å². The fourth-order valence-electron chi connectivity index (χ4n) is 3.29. The summed E-state index contributed by atoms with van der Waals surface area (Å²) in [6.45, 7) is 0.436. The van der Waals surface area contributed by atoms with Crippen molar-refractivity contribution < 1.29 is 9.47 Å². The summed E-state index contributed by atoms with van der Waals surface area (Å²) in [7, 11) is 3.20. The number of nitrogens with zero attached hydrogens (tertiary/aromatic N) is 4. The van der Waals surface area contributed by atoms with Gasteiger partial charge in [-0.25, -0.2) is 15.0 Å². The molecule has 0 fully saturated rings. The van der Waals surface area contributed by atoms with Crippen LogP contribution >= 0.6 is 23.4 Å². The van der Waals surface area contributed by atoms with Gasteiger partial charge in [0.25, 0.3) is 5.56 Å². The molecule has 0 amide bonds. The van der Waals surface area contributed by atoms with E-state index < -0.39 is 0 Å². The van der Waals surface area contributed by atoms with Gasteiger partial charge < -0.3 is 9.47 Å². The molecule has 0 radical (unpaired) electrons. The summed E-state index contributed by atoms with van der Waals surface area (Å²) in [6.07, 6.45) is 3.65. The fraction of sp³-hybridized carbons (Fsp3) is 0.217. The molecule has 0 spiro atoms. The number of hydrogen-bond donors (Lipinski definition) is 0. The summed E-state index contributed by atoms with van der Waals surface area (Å²) in [6, 6.07) is 13.4. The number of thioether (sulfide) groups is 1. The van der Waals surface area contributed by atoms with Crippen molar-refractivity contribution in [3.05, 3.63) is 81.4 Å². The second kappa shape index (κ2) is 10.0. The van der Waals surface area contributed by atoms with Gasteiger partial charge in [0, 0.05) is 29.7 Å². The third-order valence-corrected chi connectivity index (χ3v) is 6.17. The lowest BCUT2D eigenvalue weighted by Gasteiger charge is -2.14. The zero-order valence-electron chi connectivity index (χ0n) is 17.6. The summed E-state index contributed by atoms with van der Waals surface area (Å²) >= 11 is 7.58. The Morgan fingerprint density at radius 3 is 2.59 bits per heavy atom. The highest BCUT2D eigenvalue weighted by molar-refractivity contribution is 7.98. The second-order valence-electron chi connectivity index (χ2n) is 6.94. The first-order valence-corrected chi connectivity index (χ1v) is 11.2. The summed E-state index contributed by atoms with van der Waals surface area (Å²) in [4.78, 5) is 26.2. The molecule has 2 aromatic carbocycles. The molecule has 32 heavy (non-hydrogen) atoms. The summed E-state index contributed by atoms with van der Waals surface area (Å²) in [5.74, 6) is 1.93. The highest BCUT2D eigenvalue weighted by Crippen LogP contribution is 2.28. The molecule has 7 nitrogen and oxygen atoms in total. The highest BCUT2D eigenvalue weighted by Gasteiger charge is 2.14. The van der Waals surface area contributed by atoms with Crippen LogP contribution in [0.4, 0.5) is 0 Å². The largest absolute Gasteiger partial charge is 0.493 e. The topological polar surface area (TPSA) is 79.1 Å². The Morgan fingerprint density at radius 2 is 1.81 bits per heavy atom. The van der Waals surface area contributed by atoms with Crippen LogP contribution in [0.3, 0.4) is 0 Å². The predicted molar refractivity (Wildman–Crippen MR) is 126 cm³/mol. The number of rotatable bonds is 8. The predicted octanol–water partition coefficient (Wildman–Crippen LogP) is 4.39. The first-order valence-electron chi connectivity index (χ1n) is 9.88. The Labute approximate surface area is 194 Å². The van der Waals surface area contributed by atoms with Crippen molar-refractivity contribution in [1.29, 1.82) is 0 Å². The molecular formula is C23H21ClN4O3S. The first-order chi connectivity index (χ1) is 15.6. The molecule has 0 aliphatic heterocycles. The van der Waals surface area contributed by atoms with Crippen LogP contribution in [0.15, 0.2) is 64.8 Å². The van der Waals surface area contributed by atoms with Crippen LogP contribution in [0.2, 0.25) is 5.02 Å². The van der Waals surface area contributed by atoms with Crippen LogP contribution in [0.1, 0.15) is 11.1 Å². The van der Waals surface area contributed by atoms with Crippen molar-refractivity contribution in [3.63, 3.8) is 0 Å². The van der Waals surface area contributed by atoms with Gasteiger partial charge in [-0.1, -0.05) is 41.6 Å². The van der Waals surface area contributed by atoms with Gasteiger partial charge in [0.05, 0.1) is 14.2 Å². The van der Waals surface area contributed by atoms with E-state index in [1.807, 2.05) is 42.5 Å². The SMILES string of the molecule is COc1ccc(CCn2c(SCc3cccc(Cl)c3)nc3nccnc3c2=O)cc1OC. The smallest absolute Gasteiger partial charge is 0.282 e. The second-order valence-corrected chi connectivity index (χ2v) is 8.32. The third kappa shape index (κ3) is 4.87. The Balaban J connectivity index is 1.65. The molecule has 2 heterocycles. The average molecular weight is 469 g/mol. The van der Waals surface area contributed by atoms with Gasteiger partial charge in [0.1, 0.15) is 0 Å². The normalized spacial score (nSPS) is 11.0. The molecular weight excluding hydrogens is 448 g/mol. The molecule has 0 aliphatic carbocycles. The van der Waals surface area contributed by atoms with Gasteiger partial charge in [-0.15, -0.1) is 0 Å². The molecule has 4 aromatic rings. The summed E-state index contributed by atoms with van der Waals surface area (Å²) in [5, 5.41) is 1.26. The van der Waals surface area contributed by atoms with Gasteiger partial charge in [0.2, 0.25) is 0 Å². The van der Waals surface area contributed by atoms with Crippen LogP contribution in [-0.4, -0.2) is 33.7 Å². The van der Waals surface area contributed by atoms with Crippen molar-refractivity contribution in [2.75, 3.05) is 14.2 Å². The van der Waals surface area contributed by atoms with E-state index in [0.717, 1.165) is 11.1 Å². The molecule has 0 bridgehead atoms. The minimum Gasteiger partial charge on any atom is -0.493 e. The number of halogens is 1. The number of aromatic nitrogens is 4. The van der Waals surface area contributed by atoms with Crippen molar-refractivity contribution in [1.82, 2.24) is 19.5 Å². The van der Waals surface area contributed by atoms with Crippen LogP contribution in [0.5, 0.6) is 11.5 Å². The van der Waals surface area contributed by atoms with Crippen molar-refractivity contribution in [2.45, 2.75) is 23.9 Å². The van der Waals surface area contributed by atoms with E-state index in [9.17, 15) is 4.79 Å². The maximum absolute atomic E-state index is 13.2. The van der Waals surface area contributed by atoms with E-state index in [1.165, 1.54) is 24.2 Å². The van der Waals surface area contributed by atoms with Crippen LogP contribution in [0, 0.1) is 0 Å². The van der Waals surface area contributed by atoms with E-state index >= 15 is 0 Å². The number of methoxy groups -OCH3 is 2. The quantitative estimate of drug-likeness (QED) is 0.280. The maximum Gasteiger partial charge on any atom is 0.282 e. The van der Waals surface area contributed by atoms with Crippen molar-refractivity contribution in [3.8, 4) is 11.5 Å². The summed E-state index contributed by atoms with van der Waals surface area (Å²) in [5.41, 5.74) is 2.44. The minimum absolute atomic E-state index is 0.211. The lowest BCUT2D eigenvalue weighted by atomic mass is 10.1. The van der Waals surface area contributed by atoms with E-state index in [4.69, 9.17) is 21.1 Å². The lowest BCUT2D eigenvalue weighted by molar-refractivity contribution is 0.354. The van der Waals surface area contributed by atoms with Crippen LogP contribution in [0.25, 0.3) is 11.2 Å². The monoisotopic (exact) mass is 468 g/mol. The average Bonchev–Trinajstić information content (AvgIpc) is 2.82. The lowest BCUT2D eigenvalue weighted by Crippen LogP contribution is -2.25. The van der Waals surface area contributed by atoms with E-state index in [1.54, 1.807) is 18.8 Å². The molecule has 2 aromatic heterocycles. The number of ether oxygens (including phenoxy) is 2. The van der Waals surface area contributed by atoms with Crippen LogP contribution in [-0.2, 0) is 18.7 Å². The van der Waals surface area contributed by atoms with Gasteiger partial charge in [-0.2, -0.15) is 0 Å². The molecule has 0 saturated heterocycles. The third-order valence-electron chi connectivity index (χ3n) is 4.89. The molecule has 0 saturated carbocycles. The number of fused-ring (bicyclic) bond motifs is 1. The summed E-state index contributed by atoms with van der Waals surface area (Å²) < 4.78 is 12.4. The molecule has 164 valence electrons. The van der Waals surface area contributed by atoms with Gasteiger partial charge in [0.15, 0.2) is 27.8 Å². The highest BCUT2D eigenvalue weighted by atomic mass is 35.5. The van der Waals surface area contributed by atoms with Gasteiger partial charge >= 0.3 is 0 Å². The number of aryl methyl sites for hydroxylation is 1. The molecule has 0 aliphatic rings. The number of hydrogen-bond acceptors (Lipinski definition) is 7. The molecule has 0 atom stereocenters. The fourth-order valence-corrected chi connectivity index (χ4v) is 4.46. The molecule has 4 rings (SSSR count). The number of benzene rings is 2. The minimum atomic E-state index is -0.211. The molecule has 9 heteroatoms. The zero-order chi connectivity index (χ0) is 22.5. The zero-order valence-corrected chi connectivity index (χ0v) is 19.2. The van der Waals surface area contributed by atoms with E-state index in [2.05, 4.69) is 15.0 Å². The van der Waals surface area contributed by atoms with E-state index in [-0.39, 0.29) is 11.1 Å². The maximum atomic E-state index is 13.2. The molecule has 0 N–H and O–H groups in total. The molecule has 0 unspecified atom stereocenters.